The van der Waals surface area contributed by atoms with E-state index in [1.807, 2.05) is 55.4 Å². The second-order valence-electron chi connectivity index (χ2n) is 5.37. The van der Waals surface area contributed by atoms with Gasteiger partial charge >= 0.3 is 0 Å². The fourth-order valence-corrected chi connectivity index (χ4v) is 2.06. The quantitative estimate of drug-likeness (QED) is 0.649. The summed E-state index contributed by atoms with van der Waals surface area (Å²) in [5.41, 5.74) is 2.35. The van der Waals surface area contributed by atoms with E-state index in [-0.39, 0.29) is 5.57 Å². The summed E-state index contributed by atoms with van der Waals surface area (Å²) >= 11 is 0. The number of nitriles is 2. The lowest BCUT2D eigenvalue weighted by Crippen LogP contribution is -2.15. The molecule has 0 aliphatic heterocycles. The Hall–Kier alpha value is -3.77. The van der Waals surface area contributed by atoms with Crippen LogP contribution in [0, 0.1) is 22.7 Å². The van der Waals surface area contributed by atoms with Crippen molar-refractivity contribution in [3.8, 4) is 12.1 Å². The number of carbonyl (C=O) groups is 1. The van der Waals surface area contributed by atoms with Crippen molar-refractivity contribution in [2.75, 3.05) is 29.6 Å². The second-order valence-corrected chi connectivity index (χ2v) is 5.37. The molecule has 0 bridgehead atoms. The molecular weight excluding hydrogens is 314 g/mol. The zero-order chi connectivity index (χ0) is 18.2. The van der Waals surface area contributed by atoms with Crippen LogP contribution in [0.25, 0.3) is 0 Å². The van der Waals surface area contributed by atoms with Crippen LogP contribution in [0.1, 0.15) is 5.56 Å². The van der Waals surface area contributed by atoms with Crippen molar-refractivity contribution in [1.82, 2.24) is 0 Å². The van der Waals surface area contributed by atoms with Crippen LogP contribution in [0.3, 0.4) is 0 Å². The largest absolute Gasteiger partial charge is 0.378 e. The van der Waals surface area contributed by atoms with Crippen molar-refractivity contribution in [1.29, 1.82) is 10.5 Å². The SMILES string of the molecule is CN(C)c1cccc(N/C=C(/C#N)C(=O)Nc2ccccc2C#N)c1. The molecule has 1 amide bonds. The van der Waals surface area contributed by atoms with Crippen molar-refractivity contribution in [3.63, 3.8) is 0 Å². The van der Waals surface area contributed by atoms with Gasteiger partial charge in [0.25, 0.3) is 5.91 Å². The maximum Gasteiger partial charge on any atom is 0.267 e. The summed E-state index contributed by atoms with van der Waals surface area (Å²) in [6.45, 7) is 0. The first-order valence-corrected chi connectivity index (χ1v) is 7.50. The van der Waals surface area contributed by atoms with Gasteiger partial charge in [-0.15, -0.1) is 0 Å². The van der Waals surface area contributed by atoms with E-state index in [0.29, 0.717) is 11.3 Å². The Morgan fingerprint density at radius 3 is 2.56 bits per heavy atom. The van der Waals surface area contributed by atoms with Gasteiger partial charge in [0.2, 0.25) is 0 Å². The van der Waals surface area contributed by atoms with Crippen molar-refractivity contribution in [2.45, 2.75) is 0 Å². The minimum atomic E-state index is -0.582. The van der Waals surface area contributed by atoms with Crippen LogP contribution < -0.4 is 15.5 Å². The van der Waals surface area contributed by atoms with E-state index in [9.17, 15) is 10.1 Å². The highest BCUT2D eigenvalue weighted by molar-refractivity contribution is 6.07. The Kier molecular flexibility index (Phi) is 5.76. The standard InChI is InChI=1S/C19H17N5O/c1-24(2)17-8-5-7-16(10-17)22-13-15(12-21)19(25)23-18-9-4-3-6-14(18)11-20/h3-10,13,22H,1-2H3,(H,23,25)/b15-13-. The summed E-state index contributed by atoms with van der Waals surface area (Å²) in [6.07, 6.45) is 1.35. The molecular formula is C19H17N5O. The number of nitrogens with zero attached hydrogens (tertiary/aromatic N) is 3. The number of hydrogen-bond acceptors (Lipinski definition) is 5. The lowest BCUT2D eigenvalue weighted by Gasteiger charge is -2.13. The van der Waals surface area contributed by atoms with Gasteiger partial charge < -0.3 is 15.5 Å². The van der Waals surface area contributed by atoms with Crippen LogP contribution in [-0.4, -0.2) is 20.0 Å². The fourth-order valence-electron chi connectivity index (χ4n) is 2.06. The summed E-state index contributed by atoms with van der Waals surface area (Å²) < 4.78 is 0. The van der Waals surface area contributed by atoms with Crippen molar-refractivity contribution in [3.05, 3.63) is 65.9 Å². The molecule has 2 aromatic carbocycles. The number of rotatable bonds is 5. The third kappa shape index (κ3) is 4.60. The number of nitrogens with one attached hydrogen (secondary N) is 2. The molecule has 0 aromatic heterocycles. The highest BCUT2D eigenvalue weighted by atomic mass is 16.1. The van der Waals surface area contributed by atoms with E-state index in [1.165, 1.54) is 6.20 Å². The molecule has 2 aromatic rings. The number of hydrogen-bond donors (Lipinski definition) is 2. The highest BCUT2D eigenvalue weighted by Gasteiger charge is 2.11. The van der Waals surface area contributed by atoms with Crippen LogP contribution >= 0.6 is 0 Å². The van der Waals surface area contributed by atoms with Gasteiger partial charge in [-0.05, 0) is 30.3 Å². The van der Waals surface area contributed by atoms with E-state index in [0.717, 1.165) is 11.4 Å². The van der Waals surface area contributed by atoms with Crippen LogP contribution in [0.5, 0.6) is 0 Å². The van der Waals surface area contributed by atoms with Crippen molar-refractivity contribution < 1.29 is 4.79 Å². The normalized spacial score (nSPS) is 10.3. The van der Waals surface area contributed by atoms with Gasteiger partial charge in [0.15, 0.2) is 0 Å². The number of amides is 1. The zero-order valence-electron chi connectivity index (χ0n) is 13.9. The van der Waals surface area contributed by atoms with Crippen LogP contribution in [0.2, 0.25) is 0 Å². The van der Waals surface area contributed by atoms with E-state index >= 15 is 0 Å². The topological polar surface area (TPSA) is 91.9 Å². The smallest absolute Gasteiger partial charge is 0.267 e. The van der Waals surface area contributed by atoms with Crippen molar-refractivity contribution >= 4 is 23.0 Å². The third-order valence-electron chi connectivity index (χ3n) is 3.41. The lowest BCUT2D eigenvalue weighted by molar-refractivity contribution is -0.112. The summed E-state index contributed by atoms with van der Waals surface area (Å²) in [6, 6.07) is 18.0. The zero-order valence-corrected chi connectivity index (χ0v) is 13.9. The first-order chi connectivity index (χ1) is 12.0. The van der Waals surface area contributed by atoms with E-state index in [1.54, 1.807) is 24.3 Å². The molecule has 124 valence electrons. The molecule has 2 rings (SSSR count). The van der Waals surface area contributed by atoms with E-state index < -0.39 is 5.91 Å². The van der Waals surface area contributed by atoms with Gasteiger partial charge in [-0.2, -0.15) is 10.5 Å². The van der Waals surface area contributed by atoms with Crippen LogP contribution in [-0.2, 0) is 4.79 Å². The fraction of sp³-hybridized carbons (Fsp3) is 0.105. The maximum absolute atomic E-state index is 12.2. The summed E-state index contributed by atoms with van der Waals surface area (Å²) in [5, 5.41) is 23.8. The summed E-state index contributed by atoms with van der Waals surface area (Å²) in [4.78, 5) is 14.2. The Morgan fingerprint density at radius 1 is 1.12 bits per heavy atom. The Morgan fingerprint density at radius 2 is 1.88 bits per heavy atom. The summed E-state index contributed by atoms with van der Waals surface area (Å²) in [7, 11) is 3.85. The molecule has 0 radical (unpaired) electrons. The van der Waals surface area contributed by atoms with E-state index in [2.05, 4.69) is 10.6 Å². The summed E-state index contributed by atoms with van der Waals surface area (Å²) in [5.74, 6) is -0.582. The minimum Gasteiger partial charge on any atom is -0.378 e. The minimum absolute atomic E-state index is 0.0944. The first kappa shape index (κ1) is 17.6. The Labute approximate surface area is 146 Å². The molecule has 25 heavy (non-hydrogen) atoms. The molecule has 0 atom stereocenters. The molecule has 6 nitrogen and oxygen atoms in total. The monoisotopic (exact) mass is 331 g/mol. The molecule has 0 spiro atoms. The maximum atomic E-state index is 12.2. The number of carbonyl (C=O) groups excluding carboxylic acids is 1. The first-order valence-electron chi connectivity index (χ1n) is 7.50. The molecule has 0 saturated heterocycles. The average Bonchev–Trinajstić information content (AvgIpc) is 2.63. The van der Waals surface area contributed by atoms with Crippen molar-refractivity contribution in [2.24, 2.45) is 0 Å². The van der Waals surface area contributed by atoms with Gasteiger partial charge in [-0.1, -0.05) is 18.2 Å². The molecule has 2 N–H and O–H groups in total. The van der Waals surface area contributed by atoms with Crippen LogP contribution in [0.4, 0.5) is 17.1 Å². The molecule has 0 saturated carbocycles. The molecule has 6 heteroatoms. The van der Waals surface area contributed by atoms with Gasteiger partial charge in [0.1, 0.15) is 17.7 Å². The van der Waals surface area contributed by atoms with Gasteiger partial charge in [0, 0.05) is 31.7 Å². The Bertz CT molecular complexity index is 887. The predicted molar refractivity (Wildman–Crippen MR) is 97.9 cm³/mol. The third-order valence-corrected chi connectivity index (χ3v) is 3.41. The number of anilines is 3. The highest BCUT2D eigenvalue weighted by Crippen LogP contribution is 2.18. The van der Waals surface area contributed by atoms with Gasteiger partial charge in [-0.25, -0.2) is 0 Å². The molecule has 0 unspecified atom stereocenters. The average molecular weight is 331 g/mol. The van der Waals surface area contributed by atoms with Gasteiger partial charge in [0.05, 0.1) is 11.3 Å². The Balaban J connectivity index is 2.15. The predicted octanol–water partition coefficient (Wildman–Crippen LogP) is 3.08. The molecule has 0 fully saturated rings. The number of para-hydroxylation sites is 1. The molecule has 0 aliphatic rings. The second kappa shape index (κ2) is 8.19. The van der Waals surface area contributed by atoms with Crippen LogP contribution in [0.15, 0.2) is 60.3 Å². The van der Waals surface area contributed by atoms with Gasteiger partial charge in [-0.3, -0.25) is 4.79 Å². The lowest BCUT2D eigenvalue weighted by atomic mass is 10.2. The van der Waals surface area contributed by atoms with E-state index in [4.69, 9.17) is 5.26 Å². The molecule has 0 aliphatic carbocycles. The number of benzene rings is 2. The molecule has 0 heterocycles.